The summed E-state index contributed by atoms with van der Waals surface area (Å²) in [5.74, 6) is 0.139. The highest BCUT2D eigenvalue weighted by Crippen LogP contribution is 2.18. The Morgan fingerprint density at radius 2 is 2.25 bits per heavy atom. The molecule has 4 heteroatoms. The van der Waals surface area contributed by atoms with Gasteiger partial charge in [-0.3, -0.25) is 9.48 Å². The van der Waals surface area contributed by atoms with Crippen LogP contribution in [0.2, 0.25) is 0 Å². The third-order valence-electron chi connectivity index (χ3n) is 1.66. The van der Waals surface area contributed by atoms with Gasteiger partial charge in [-0.05, 0) is 15.9 Å². The van der Waals surface area contributed by atoms with Crippen LogP contribution in [0.5, 0.6) is 0 Å². The van der Waals surface area contributed by atoms with Crippen molar-refractivity contribution in [1.29, 1.82) is 0 Å². The van der Waals surface area contributed by atoms with E-state index in [0.717, 1.165) is 4.60 Å². The van der Waals surface area contributed by atoms with Gasteiger partial charge in [-0.15, -0.1) is 0 Å². The Kier molecular flexibility index (Phi) is 2.67. The molecule has 1 aromatic heterocycles. The molecule has 0 bridgehead atoms. The van der Waals surface area contributed by atoms with Gasteiger partial charge >= 0.3 is 0 Å². The van der Waals surface area contributed by atoms with E-state index in [-0.39, 0.29) is 11.7 Å². The Labute approximate surface area is 79.9 Å². The first-order valence-electron chi connectivity index (χ1n) is 3.75. The molecule has 1 aromatic rings. The molecule has 0 aliphatic rings. The van der Waals surface area contributed by atoms with E-state index in [1.165, 1.54) is 0 Å². The number of halogens is 1. The van der Waals surface area contributed by atoms with Crippen molar-refractivity contribution in [2.45, 2.75) is 13.8 Å². The van der Waals surface area contributed by atoms with Crippen LogP contribution in [0, 0.1) is 5.92 Å². The summed E-state index contributed by atoms with van der Waals surface area (Å²) in [7, 11) is 1.79. The molecule has 0 saturated carbocycles. The standard InChI is InChI=1S/C8H11BrN2O/c1-5(2)7(12)6-4-10-11(3)8(6)9/h4-5H,1-3H3. The molecule has 1 rings (SSSR count). The monoisotopic (exact) mass is 230 g/mol. The normalized spacial score (nSPS) is 10.8. The van der Waals surface area contributed by atoms with E-state index >= 15 is 0 Å². The molecule has 0 radical (unpaired) electrons. The van der Waals surface area contributed by atoms with Crippen molar-refractivity contribution < 1.29 is 4.79 Å². The molecule has 1 heterocycles. The summed E-state index contributed by atoms with van der Waals surface area (Å²) in [6.45, 7) is 3.75. The summed E-state index contributed by atoms with van der Waals surface area (Å²) in [6.07, 6.45) is 1.59. The lowest BCUT2D eigenvalue weighted by molar-refractivity contribution is 0.0938. The zero-order valence-electron chi connectivity index (χ0n) is 7.34. The highest BCUT2D eigenvalue weighted by Gasteiger charge is 2.16. The fourth-order valence-electron chi connectivity index (χ4n) is 0.899. The van der Waals surface area contributed by atoms with Crippen LogP contribution >= 0.6 is 15.9 Å². The quantitative estimate of drug-likeness (QED) is 0.730. The van der Waals surface area contributed by atoms with Crippen molar-refractivity contribution in [2.75, 3.05) is 0 Å². The van der Waals surface area contributed by atoms with Gasteiger partial charge in [0.2, 0.25) is 0 Å². The second kappa shape index (κ2) is 3.39. The molecule has 0 N–H and O–H groups in total. The Morgan fingerprint density at radius 1 is 1.67 bits per heavy atom. The molecular weight excluding hydrogens is 220 g/mol. The first-order chi connectivity index (χ1) is 5.54. The number of nitrogens with zero attached hydrogens (tertiary/aromatic N) is 2. The SMILES string of the molecule is CC(C)C(=O)c1cnn(C)c1Br. The number of carbonyl (C=O) groups excluding carboxylic acids is 1. The molecule has 0 aliphatic heterocycles. The first-order valence-corrected chi connectivity index (χ1v) is 4.55. The van der Waals surface area contributed by atoms with Gasteiger partial charge in [-0.2, -0.15) is 5.10 Å². The van der Waals surface area contributed by atoms with Crippen molar-refractivity contribution in [2.24, 2.45) is 13.0 Å². The van der Waals surface area contributed by atoms with Crippen LogP contribution in [0.15, 0.2) is 10.8 Å². The van der Waals surface area contributed by atoms with Crippen LogP contribution in [0.1, 0.15) is 24.2 Å². The lowest BCUT2D eigenvalue weighted by Crippen LogP contribution is -2.07. The highest BCUT2D eigenvalue weighted by molar-refractivity contribution is 9.10. The summed E-state index contributed by atoms with van der Waals surface area (Å²) in [5, 5.41) is 3.97. The number of hydrogen-bond acceptors (Lipinski definition) is 2. The third kappa shape index (κ3) is 1.58. The minimum Gasteiger partial charge on any atom is -0.294 e. The van der Waals surface area contributed by atoms with E-state index < -0.39 is 0 Å². The minimum absolute atomic E-state index is 0.0190. The first kappa shape index (κ1) is 9.45. The van der Waals surface area contributed by atoms with Crippen molar-refractivity contribution in [3.63, 3.8) is 0 Å². The molecule has 0 aromatic carbocycles. The molecule has 0 aliphatic carbocycles. The fraction of sp³-hybridized carbons (Fsp3) is 0.500. The van der Waals surface area contributed by atoms with Gasteiger partial charge in [0.05, 0.1) is 11.8 Å². The second-order valence-electron chi connectivity index (χ2n) is 2.99. The largest absolute Gasteiger partial charge is 0.294 e. The van der Waals surface area contributed by atoms with Gasteiger partial charge in [0, 0.05) is 13.0 Å². The number of ketones is 1. The van der Waals surface area contributed by atoms with Crippen molar-refractivity contribution in [3.8, 4) is 0 Å². The van der Waals surface area contributed by atoms with Crippen LogP contribution in [-0.2, 0) is 7.05 Å². The Hall–Kier alpha value is -0.640. The van der Waals surface area contributed by atoms with Crippen LogP contribution in [0.25, 0.3) is 0 Å². The Bertz CT molecular complexity index is 304. The van der Waals surface area contributed by atoms with Crippen LogP contribution in [-0.4, -0.2) is 15.6 Å². The van der Waals surface area contributed by atoms with Gasteiger partial charge in [-0.1, -0.05) is 13.8 Å². The zero-order chi connectivity index (χ0) is 9.30. The zero-order valence-corrected chi connectivity index (χ0v) is 8.92. The van der Waals surface area contributed by atoms with Crippen LogP contribution in [0.4, 0.5) is 0 Å². The highest BCUT2D eigenvalue weighted by atomic mass is 79.9. The molecule has 0 atom stereocenters. The maximum atomic E-state index is 11.5. The molecule has 0 fully saturated rings. The topological polar surface area (TPSA) is 34.9 Å². The van der Waals surface area contributed by atoms with E-state index in [0.29, 0.717) is 5.56 Å². The molecule has 0 amide bonds. The molecule has 0 unspecified atom stereocenters. The fourth-order valence-corrected chi connectivity index (χ4v) is 1.29. The number of Topliss-reactive ketones (excluding diaryl/α,β-unsaturated/α-hetero) is 1. The van der Waals surface area contributed by atoms with Gasteiger partial charge in [0.25, 0.3) is 0 Å². The smallest absolute Gasteiger partial charge is 0.169 e. The second-order valence-corrected chi connectivity index (χ2v) is 3.74. The maximum absolute atomic E-state index is 11.5. The molecule has 0 spiro atoms. The Balaban J connectivity index is 3.04. The molecule has 3 nitrogen and oxygen atoms in total. The van der Waals surface area contributed by atoms with Gasteiger partial charge in [0.15, 0.2) is 5.78 Å². The molecule has 66 valence electrons. The summed E-state index contributed by atoms with van der Waals surface area (Å²) in [4.78, 5) is 11.5. The lowest BCUT2D eigenvalue weighted by Gasteiger charge is -2.01. The predicted octanol–water partition coefficient (Wildman–Crippen LogP) is 2.02. The number of hydrogen-bond donors (Lipinski definition) is 0. The van der Waals surface area contributed by atoms with Gasteiger partial charge in [0.1, 0.15) is 4.60 Å². The molecule has 0 saturated heterocycles. The lowest BCUT2D eigenvalue weighted by atomic mass is 10.1. The van der Waals surface area contributed by atoms with E-state index in [9.17, 15) is 4.79 Å². The van der Waals surface area contributed by atoms with Gasteiger partial charge in [-0.25, -0.2) is 0 Å². The predicted molar refractivity (Wildman–Crippen MR) is 50.1 cm³/mol. The molecular formula is C8H11BrN2O. The number of rotatable bonds is 2. The van der Waals surface area contributed by atoms with Crippen LogP contribution in [0.3, 0.4) is 0 Å². The number of aryl methyl sites for hydroxylation is 1. The van der Waals surface area contributed by atoms with Gasteiger partial charge < -0.3 is 0 Å². The number of aromatic nitrogens is 2. The minimum atomic E-state index is 0.0190. The van der Waals surface area contributed by atoms with E-state index in [1.54, 1.807) is 17.9 Å². The average molecular weight is 231 g/mol. The average Bonchev–Trinajstić information content (AvgIpc) is 2.32. The summed E-state index contributed by atoms with van der Waals surface area (Å²) in [6, 6.07) is 0. The molecule has 12 heavy (non-hydrogen) atoms. The van der Waals surface area contributed by atoms with E-state index in [2.05, 4.69) is 21.0 Å². The van der Waals surface area contributed by atoms with Crippen LogP contribution < -0.4 is 0 Å². The van der Waals surface area contributed by atoms with Crippen molar-refractivity contribution >= 4 is 21.7 Å². The van der Waals surface area contributed by atoms with Crippen molar-refractivity contribution in [3.05, 3.63) is 16.4 Å². The number of carbonyl (C=O) groups is 1. The van der Waals surface area contributed by atoms with E-state index in [1.807, 2.05) is 13.8 Å². The Morgan fingerprint density at radius 3 is 2.58 bits per heavy atom. The van der Waals surface area contributed by atoms with Crippen molar-refractivity contribution in [1.82, 2.24) is 9.78 Å². The summed E-state index contributed by atoms with van der Waals surface area (Å²) < 4.78 is 2.39. The third-order valence-corrected chi connectivity index (χ3v) is 2.60. The van der Waals surface area contributed by atoms with E-state index in [4.69, 9.17) is 0 Å². The maximum Gasteiger partial charge on any atom is 0.169 e. The summed E-state index contributed by atoms with van der Waals surface area (Å²) >= 11 is 3.30. The summed E-state index contributed by atoms with van der Waals surface area (Å²) in [5.41, 5.74) is 0.660.